The van der Waals surface area contributed by atoms with Crippen molar-refractivity contribution in [1.29, 1.82) is 5.26 Å². The van der Waals surface area contributed by atoms with Crippen molar-refractivity contribution >= 4 is 12.9 Å². The van der Waals surface area contributed by atoms with Gasteiger partial charge >= 0.3 is 0 Å². The molecule has 0 N–H and O–H groups in total. The molecule has 0 aromatic heterocycles. The summed E-state index contributed by atoms with van der Waals surface area (Å²) in [5.74, 6) is 1.76. The number of hydrogen-bond donors (Lipinski definition) is 0. The van der Waals surface area contributed by atoms with Gasteiger partial charge in [-0.15, -0.1) is 0 Å². The van der Waals surface area contributed by atoms with Gasteiger partial charge in [-0.05, 0) is 6.92 Å². The van der Waals surface area contributed by atoms with Crippen LogP contribution in [0.25, 0.3) is 0 Å². The lowest BCUT2D eigenvalue weighted by molar-refractivity contribution is 0.346. The van der Waals surface area contributed by atoms with Gasteiger partial charge in [-0.2, -0.15) is 5.26 Å². The molecule has 0 rings (SSSR count). The summed E-state index contributed by atoms with van der Waals surface area (Å²) >= 11 is 0. The first-order valence-electron chi connectivity index (χ1n) is 5.40. The molecule has 0 radical (unpaired) electrons. The third kappa shape index (κ3) is 2.86. The number of nitriles is 1. The van der Waals surface area contributed by atoms with E-state index in [4.69, 9.17) is 9.79 Å². The molecule has 0 bridgehead atoms. The van der Waals surface area contributed by atoms with Crippen molar-refractivity contribution in [2.45, 2.75) is 58.8 Å². The topological polar surface area (TPSA) is 33.0 Å². The molecule has 0 atom stereocenters. The average Bonchev–Trinajstić information content (AvgIpc) is 1.99. The van der Waals surface area contributed by atoms with Crippen LogP contribution in [0.4, 0.5) is 0 Å². The zero-order chi connectivity index (χ0) is 12.3. The molecule has 0 aliphatic heterocycles. The van der Waals surface area contributed by atoms with Crippen LogP contribution in [0.3, 0.4) is 0 Å². The maximum atomic E-state index is 9.00. The lowest BCUT2D eigenvalue weighted by atomic mass is 10.2. The molecule has 0 aromatic rings. The lowest BCUT2D eigenvalue weighted by Gasteiger charge is -2.46. The zero-order valence-corrected chi connectivity index (χ0v) is 12.0. The second-order valence-corrected chi connectivity index (χ2v) is 10.2. The van der Waals surface area contributed by atoms with Crippen LogP contribution in [0.2, 0.25) is 0 Å². The first-order valence-corrected chi connectivity index (χ1v) is 7.17. The summed E-state index contributed by atoms with van der Waals surface area (Å²) in [5, 5.41) is 9.02. The van der Waals surface area contributed by atoms with Gasteiger partial charge in [0.05, 0.1) is 6.07 Å². The Morgan fingerprint density at radius 3 is 1.73 bits per heavy atom. The van der Waals surface area contributed by atoms with Crippen LogP contribution in [0.1, 0.15) is 48.5 Å². The van der Waals surface area contributed by atoms with E-state index >= 15 is 0 Å². The normalized spacial score (nSPS) is 13.5. The van der Waals surface area contributed by atoms with Crippen LogP contribution < -0.4 is 0 Å². The van der Waals surface area contributed by atoms with Crippen LogP contribution in [-0.4, -0.2) is 22.7 Å². The Kier molecular flexibility index (Phi) is 4.65. The molecule has 0 unspecified atom stereocenters. The third-order valence-corrected chi connectivity index (χ3v) is 7.70. The van der Waals surface area contributed by atoms with Crippen LogP contribution >= 0.6 is 7.11 Å². The Labute approximate surface area is 94.7 Å². The van der Waals surface area contributed by atoms with Crippen molar-refractivity contribution in [1.82, 2.24) is 0 Å². The first-order chi connectivity index (χ1) is 6.62. The van der Waals surface area contributed by atoms with Crippen LogP contribution in [0.15, 0.2) is 0 Å². The van der Waals surface area contributed by atoms with Crippen molar-refractivity contribution < 1.29 is 4.52 Å². The maximum Gasteiger partial charge on any atom is 0.0936 e. The van der Waals surface area contributed by atoms with Crippen molar-refractivity contribution in [2.75, 3.05) is 6.61 Å². The zero-order valence-electron chi connectivity index (χ0n) is 11.1. The molecule has 0 aromatic carbocycles. The Balaban J connectivity index is 5.76. The lowest BCUT2D eigenvalue weighted by Crippen LogP contribution is -2.31. The summed E-state index contributed by atoms with van der Waals surface area (Å²) in [6.45, 7) is 15.6. The van der Waals surface area contributed by atoms with E-state index in [1.165, 1.54) is 0 Å². The van der Waals surface area contributed by atoms with Gasteiger partial charge in [-0.1, -0.05) is 41.5 Å². The van der Waals surface area contributed by atoms with E-state index in [2.05, 4.69) is 47.6 Å². The minimum absolute atomic E-state index is 0.0109. The van der Waals surface area contributed by atoms with E-state index in [0.717, 1.165) is 0 Å². The van der Waals surface area contributed by atoms with Crippen molar-refractivity contribution in [3.63, 3.8) is 0 Å². The van der Waals surface area contributed by atoms with Gasteiger partial charge in [0, 0.05) is 29.8 Å². The molecule has 0 heterocycles. The molecule has 0 spiro atoms. The second-order valence-electron chi connectivity index (χ2n) is 5.68. The molecule has 0 saturated carbocycles. The largest absolute Gasteiger partial charge is 0.360 e. The highest BCUT2D eigenvalue weighted by Crippen LogP contribution is 2.68. The van der Waals surface area contributed by atoms with E-state index in [1.807, 2.05) is 6.92 Å². The van der Waals surface area contributed by atoms with Crippen LogP contribution in [0, 0.1) is 11.3 Å². The number of hydrogen-bond acceptors (Lipinski definition) is 2. The van der Waals surface area contributed by atoms with Gasteiger partial charge in [0.2, 0.25) is 0 Å². The summed E-state index contributed by atoms with van der Waals surface area (Å²) in [4.78, 5) is 0. The minimum Gasteiger partial charge on any atom is -0.360 e. The Hall–Kier alpha value is -0.250. The SMILES string of the molecule is CCOP(=CC#N)(C(C)(C)C)C(C)(C)C. The molecular formula is C12H24NOP. The molecule has 0 fully saturated rings. The van der Waals surface area contributed by atoms with Crippen LogP contribution in [-0.2, 0) is 4.52 Å². The van der Waals surface area contributed by atoms with Gasteiger partial charge < -0.3 is 4.52 Å². The van der Waals surface area contributed by atoms with E-state index in [1.54, 1.807) is 5.80 Å². The predicted molar refractivity (Wildman–Crippen MR) is 69.7 cm³/mol. The van der Waals surface area contributed by atoms with Gasteiger partial charge in [0.15, 0.2) is 0 Å². The Morgan fingerprint density at radius 1 is 1.13 bits per heavy atom. The average molecular weight is 229 g/mol. The van der Waals surface area contributed by atoms with E-state index in [-0.39, 0.29) is 10.3 Å². The molecule has 3 heteroatoms. The Bertz CT molecular complexity index is 281. The van der Waals surface area contributed by atoms with Gasteiger partial charge in [0.25, 0.3) is 0 Å². The molecule has 0 aliphatic carbocycles. The molecule has 2 nitrogen and oxygen atoms in total. The number of nitrogens with zero attached hydrogens (tertiary/aromatic N) is 1. The van der Waals surface area contributed by atoms with Crippen molar-refractivity contribution in [2.24, 2.45) is 0 Å². The minimum atomic E-state index is -1.85. The monoisotopic (exact) mass is 229 g/mol. The van der Waals surface area contributed by atoms with E-state index < -0.39 is 7.11 Å². The standard InChI is InChI=1S/C12H24NOP/c1-8-14-15(10-9-13,11(2,3)4)12(5,6)7/h10H,8H2,1-7H3. The summed E-state index contributed by atoms with van der Waals surface area (Å²) in [5.41, 5.74) is 0. The fourth-order valence-corrected chi connectivity index (χ4v) is 6.31. The summed E-state index contributed by atoms with van der Waals surface area (Å²) in [6, 6.07) is 2.21. The second kappa shape index (κ2) is 4.73. The predicted octanol–water partition coefficient (Wildman–Crippen LogP) is 3.88. The molecule has 88 valence electrons. The highest BCUT2D eigenvalue weighted by Gasteiger charge is 2.42. The fraction of sp³-hybridized carbons (Fsp3) is 0.833. The molecule has 0 aliphatic rings. The van der Waals surface area contributed by atoms with Gasteiger partial charge in [0.1, 0.15) is 0 Å². The summed E-state index contributed by atoms with van der Waals surface area (Å²) in [6.07, 6.45) is 0. The molecule has 15 heavy (non-hydrogen) atoms. The summed E-state index contributed by atoms with van der Waals surface area (Å²) < 4.78 is 6.03. The van der Waals surface area contributed by atoms with Crippen LogP contribution in [0.5, 0.6) is 0 Å². The van der Waals surface area contributed by atoms with E-state index in [0.29, 0.717) is 6.61 Å². The number of rotatable bonds is 2. The van der Waals surface area contributed by atoms with Gasteiger partial charge in [-0.25, -0.2) is 0 Å². The third-order valence-electron chi connectivity index (χ3n) is 2.57. The highest BCUT2D eigenvalue weighted by molar-refractivity contribution is 7.73. The quantitative estimate of drug-likeness (QED) is 0.673. The summed E-state index contributed by atoms with van der Waals surface area (Å²) in [7, 11) is -1.85. The smallest absolute Gasteiger partial charge is 0.0936 e. The molecule has 0 saturated heterocycles. The maximum absolute atomic E-state index is 9.00. The van der Waals surface area contributed by atoms with E-state index in [9.17, 15) is 0 Å². The van der Waals surface area contributed by atoms with Crippen molar-refractivity contribution in [3.05, 3.63) is 0 Å². The Morgan fingerprint density at radius 2 is 1.53 bits per heavy atom. The van der Waals surface area contributed by atoms with Gasteiger partial charge in [-0.3, -0.25) is 0 Å². The fourth-order valence-electron chi connectivity index (χ4n) is 2.10. The molecular weight excluding hydrogens is 205 g/mol. The first kappa shape index (κ1) is 14.8. The highest BCUT2D eigenvalue weighted by atomic mass is 31.2. The van der Waals surface area contributed by atoms with Crippen molar-refractivity contribution in [3.8, 4) is 6.07 Å². The molecule has 0 amide bonds.